The number of nitrogens with one attached hydrogen (secondary N) is 3. The smallest absolute Gasteiger partial charge is 0.287 e. The molecule has 0 aliphatic carbocycles. The highest BCUT2D eigenvalue weighted by molar-refractivity contribution is 7.11. The maximum atomic E-state index is 11.7. The third-order valence-electron chi connectivity index (χ3n) is 3.25. The molecule has 0 aliphatic rings. The fourth-order valence-electron chi connectivity index (χ4n) is 2.05. The summed E-state index contributed by atoms with van der Waals surface area (Å²) in [5.74, 6) is 0.852. The Bertz CT molecular complexity index is 649. The number of carbonyl (C=O) groups excluding carboxylic acids is 1. The lowest BCUT2D eigenvalue weighted by Crippen LogP contribution is -2.41. The molecule has 0 saturated carbocycles. The number of guanidine groups is 1. The van der Waals surface area contributed by atoms with Crippen molar-refractivity contribution in [3.05, 3.63) is 46.0 Å². The monoisotopic (exact) mass is 348 g/mol. The lowest BCUT2D eigenvalue weighted by atomic mass is 10.4. The van der Waals surface area contributed by atoms with Gasteiger partial charge in [-0.2, -0.15) is 0 Å². The zero-order chi connectivity index (χ0) is 17.2. The Balaban J connectivity index is 1.75. The summed E-state index contributed by atoms with van der Waals surface area (Å²) >= 11 is 1.79. The third-order valence-corrected chi connectivity index (χ3v) is 4.47. The molecule has 0 aliphatic heterocycles. The van der Waals surface area contributed by atoms with Crippen LogP contribution in [0.3, 0.4) is 0 Å². The van der Waals surface area contributed by atoms with E-state index in [9.17, 15) is 4.79 Å². The first-order valence-electron chi connectivity index (χ1n) is 8.14. The minimum atomic E-state index is -0.213. The number of thiophene rings is 1. The molecule has 2 aromatic heterocycles. The Labute approximate surface area is 146 Å². The molecule has 6 nitrogen and oxygen atoms in total. The minimum absolute atomic E-state index is 0.213. The second-order valence-corrected chi connectivity index (χ2v) is 6.33. The van der Waals surface area contributed by atoms with Crippen molar-refractivity contribution >= 4 is 23.2 Å². The Hall–Kier alpha value is -2.28. The molecule has 0 unspecified atom stereocenters. The van der Waals surface area contributed by atoms with Gasteiger partial charge in [-0.05, 0) is 37.6 Å². The van der Waals surface area contributed by atoms with Crippen LogP contribution in [0, 0.1) is 0 Å². The van der Waals surface area contributed by atoms with Gasteiger partial charge in [-0.3, -0.25) is 4.79 Å². The number of carbonyl (C=O) groups is 1. The van der Waals surface area contributed by atoms with Gasteiger partial charge in [0.1, 0.15) is 0 Å². The molecule has 130 valence electrons. The van der Waals surface area contributed by atoms with E-state index in [4.69, 9.17) is 4.42 Å². The highest BCUT2D eigenvalue weighted by atomic mass is 32.1. The molecule has 3 N–H and O–H groups in total. The molecule has 0 bridgehead atoms. The standard InChI is InChI=1S/C17H24N4O2S/c1-3-13-7-8-14(24-13)12-21-17(18-4-2)20-10-9-19-16(22)15-6-5-11-23-15/h5-8,11H,3-4,9-10,12H2,1-2H3,(H,19,22)(H2,18,20,21). The maximum Gasteiger partial charge on any atom is 0.287 e. The van der Waals surface area contributed by atoms with Crippen LogP contribution in [-0.4, -0.2) is 31.5 Å². The largest absolute Gasteiger partial charge is 0.459 e. The lowest BCUT2D eigenvalue weighted by Gasteiger charge is -2.11. The fraction of sp³-hybridized carbons (Fsp3) is 0.412. The van der Waals surface area contributed by atoms with Crippen LogP contribution in [-0.2, 0) is 13.0 Å². The number of amides is 1. The van der Waals surface area contributed by atoms with E-state index < -0.39 is 0 Å². The SMILES string of the molecule is CCNC(=NCc1ccc(CC)s1)NCCNC(=O)c1ccco1. The second-order valence-electron chi connectivity index (χ2n) is 5.08. The molecule has 0 spiro atoms. The van der Waals surface area contributed by atoms with Crippen molar-refractivity contribution in [1.29, 1.82) is 0 Å². The summed E-state index contributed by atoms with van der Waals surface area (Å²) in [4.78, 5) is 18.9. The van der Waals surface area contributed by atoms with Crippen LogP contribution >= 0.6 is 11.3 Å². The van der Waals surface area contributed by atoms with E-state index in [0.29, 0.717) is 25.4 Å². The summed E-state index contributed by atoms with van der Waals surface area (Å²) in [5.41, 5.74) is 0. The first-order valence-corrected chi connectivity index (χ1v) is 8.96. The average Bonchev–Trinajstić information content (AvgIpc) is 3.27. The Morgan fingerprint density at radius 3 is 2.58 bits per heavy atom. The molecule has 0 saturated heterocycles. The quantitative estimate of drug-likeness (QED) is 0.389. The number of hydrogen-bond donors (Lipinski definition) is 3. The number of nitrogens with zero attached hydrogens (tertiary/aromatic N) is 1. The van der Waals surface area contributed by atoms with Gasteiger partial charge in [-0.25, -0.2) is 4.99 Å². The summed E-state index contributed by atoms with van der Waals surface area (Å²) in [6, 6.07) is 7.61. The summed E-state index contributed by atoms with van der Waals surface area (Å²) in [5, 5.41) is 9.20. The molecule has 1 amide bonds. The minimum Gasteiger partial charge on any atom is -0.459 e. The highest BCUT2D eigenvalue weighted by Crippen LogP contribution is 2.17. The maximum absolute atomic E-state index is 11.7. The fourth-order valence-corrected chi connectivity index (χ4v) is 2.93. The summed E-state index contributed by atoms with van der Waals surface area (Å²) in [7, 11) is 0. The number of furan rings is 1. The van der Waals surface area contributed by atoms with Crippen molar-refractivity contribution in [1.82, 2.24) is 16.0 Å². The molecule has 0 aromatic carbocycles. The normalized spacial score (nSPS) is 11.3. The van der Waals surface area contributed by atoms with Crippen molar-refractivity contribution < 1.29 is 9.21 Å². The van der Waals surface area contributed by atoms with Gasteiger partial charge in [-0.1, -0.05) is 6.92 Å². The highest BCUT2D eigenvalue weighted by Gasteiger charge is 2.07. The number of aryl methyl sites for hydroxylation is 1. The molecule has 0 fully saturated rings. The Morgan fingerprint density at radius 1 is 1.12 bits per heavy atom. The first kappa shape index (κ1) is 18.1. The molecule has 2 aromatic rings. The molecule has 24 heavy (non-hydrogen) atoms. The van der Waals surface area contributed by atoms with Crippen LogP contribution in [0.2, 0.25) is 0 Å². The van der Waals surface area contributed by atoms with Gasteiger partial charge in [-0.15, -0.1) is 11.3 Å². The topological polar surface area (TPSA) is 78.7 Å². The van der Waals surface area contributed by atoms with Gasteiger partial charge in [0, 0.05) is 29.4 Å². The Morgan fingerprint density at radius 2 is 1.92 bits per heavy atom. The van der Waals surface area contributed by atoms with Crippen molar-refractivity contribution in [2.45, 2.75) is 26.8 Å². The van der Waals surface area contributed by atoms with Gasteiger partial charge in [0.05, 0.1) is 12.8 Å². The van der Waals surface area contributed by atoms with Crippen molar-refractivity contribution in [2.24, 2.45) is 4.99 Å². The number of hydrogen-bond acceptors (Lipinski definition) is 4. The van der Waals surface area contributed by atoms with E-state index >= 15 is 0 Å². The van der Waals surface area contributed by atoms with E-state index in [2.05, 4.69) is 40.0 Å². The summed E-state index contributed by atoms with van der Waals surface area (Å²) < 4.78 is 5.04. The van der Waals surface area contributed by atoms with E-state index in [1.807, 2.05) is 6.92 Å². The molecule has 7 heteroatoms. The van der Waals surface area contributed by atoms with E-state index in [0.717, 1.165) is 18.9 Å². The van der Waals surface area contributed by atoms with Gasteiger partial charge < -0.3 is 20.4 Å². The predicted octanol–water partition coefficient (Wildman–Crippen LogP) is 2.39. The molecule has 0 radical (unpaired) electrons. The number of rotatable bonds is 8. The van der Waals surface area contributed by atoms with Crippen LogP contribution in [0.1, 0.15) is 34.2 Å². The van der Waals surface area contributed by atoms with E-state index in [1.54, 1.807) is 23.5 Å². The van der Waals surface area contributed by atoms with Crippen molar-refractivity contribution in [3.63, 3.8) is 0 Å². The second kappa shape index (κ2) is 9.77. The zero-order valence-electron chi connectivity index (χ0n) is 14.1. The van der Waals surface area contributed by atoms with E-state index in [1.165, 1.54) is 16.0 Å². The average molecular weight is 348 g/mol. The van der Waals surface area contributed by atoms with Crippen LogP contribution in [0.5, 0.6) is 0 Å². The third kappa shape index (κ3) is 5.73. The Kier molecular flexibility index (Phi) is 7.35. The molecule has 2 rings (SSSR count). The molecular formula is C17H24N4O2S. The molecule has 2 heterocycles. The number of aliphatic imine (C=N–C) groups is 1. The molecular weight excluding hydrogens is 324 g/mol. The zero-order valence-corrected chi connectivity index (χ0v) is 14.9. The van der Waals surface area contributed by atoms with Gasteiger partial charge >= 0.3 is 0 Å². The lowest BCUT2D eigenvalue weighted by molar-refractivity contribution is 0.0926. The summed E-state index contributed by atoms with van der Waals surface area (Å²) in [6.07, 6.45) is 2.54. The van der Waals surface area contributed by atoms with Crippen molar-refractivity contribution in [2.75, 3.05) is 19.6 Å². The van der Waals surface area contributed by atoms with Crippen LogP contribution in [0.4, 0.5) is 0 Å². The van der Waals surface area contributed by atoms with Gasteiger partial charge in [0.25, 0.3) is 5.91 Å². The van der Waals surface area contributed by atoms with Crippen molar-refractivity contribution in [3.8, 4) is 0 Å². The van der Waals surface area contributed by atoms with Crippen LogP contribution in [0.25, 0.3) is 0 Å². The first-order chi connectivity index (χ1) is 11.7. The predicted molar refractivity (Wildman–Crippen MR) is 97.6 cm³/mol. The summed E-state index contributed by atoms with van der Waals surface area (Å²) in [6.45, 7) is 6.69. The van der Waals surface area contributed by atoms with E-state index in [-0.39, 0.29) is 5.91 Å². The van der Waals surface area contributed by atoms with Crippen LogP contribution in [0.15, 0.2) is 39.9 Å². The van der Waals surface area contributed by atoms with Gasteiger partial charge in [0.2, 0.25) is 0 Å². The van der Waals surface area contributed by atoms with Gasteiger partial charge in [0.15, 0.2) is 11.7 Å². The van der Waals surface area contributed by atoms with Crippen LogP contribution < -0.4 is 16.0 Å². The molecule has 0 atom stereocenters.